The summed E-state index contributed by atoms with van der Waals surface area (Å²) in [7, 11) is 0. The molecule has 0 unspecified atom stereocenters. The van der Waals surface area contributed by atoms with Crippen LogP contribution in [0, 0.1) is 5.92 Å². The zero-order valence-corrected chi connectivity index (χ0v) is 12.2. The molecule has 1 fully saturated rings. The predicted molar refractivity (Wildman–Crippen MR) is 82.5 cm³/mol. The maximum Gasteiger partial charge on any atom is 0.0902 e. The monoisotopic (exact) mass is 269 g/mol. The quantitative estimate of drug-likeness (QED) is 0.895. The molecule has 0 atom stereocenters. The molecule has 106 valence electrons. The summed E-state index contributed by atoms with van der Waals surface area (Å²) < 4.78 is 0. The van der Waals surface area contributed by atoms with Crippen LogP contribution in [0.2, 0.25) is 0 Å². The number of pyridine rings is 1. The minimum absolute atomic E-state index is 0.648. The molecule has 1 saturated carbocycles. The van der Waals surface area contributed by atoms with Crippen molar-refractivity contribution in [1.82, 2.24) is 4.98 Å². The van der Waals surface area contributed by atoms with E-state index in [-0.39, 0.29) is 0 Å². The van der Waals surface area contributed by atoms with Crippen LogP contribution in [0.15, 0.2) is 36.7 Å². The number of nitrogens with zero attached hydrogens (tertiary/aromatic N) is 1. The molecule has 1 aromatic heterocycles. The van der Waals surface area contributed by atoms with Gasteiger partial charge in [0.25, 0.3) is 0 Å². The summed E-state index contributed by atoms with van der Waals surface area (Å²) in [4.78, 5) is 4.18. The lowest BCUT2D eigenvalue weighted by molar-refractivity contribution is -0.0139. The van der Waals surface area contributed by atoms with Crippen molar-refractivity contribution >= 4 is 10.8 Å². The molecule has 1 aromatic carbocycles. The Kier molecular flexibility index (Phi) is 3.75. The molecule has 1 aliphatic carbocycles. The summed E-state index contributed by atoms with van der Waals surface area (Å²) in [6, 6.07) is 8.22. The highest BCUT2D eigenvalue weighted by atomic mass is 16.3. The van der Waals surface area contributed by atoms with Gasteiger partial charge in [0.1, 0.15) is 0 Å². The predicted octanol–water partition coefficient (Wildman–Crippen LogP) is 4.41. The van der Waals surface area contributed by atoms with Crippen LogP contribution in [0.5, 0.6) is 0 Å². The molecular weight excluding hydrogens is 246 g/mol. The van der Waals surface area contributed by atoms with Gasteiger partial charge in [-0.2, -0.15) is 0 Å². The number of benzene rings is 1. The molecular formula is C18H23NO. The zero-order chi connectivity index (χ0) is 14.0. The number of fused-ring (bicyclic) bond motifs is 1. The Morgan fingerprint density at radius 2 is 2.05 bits per heavy atom. The largest absolute Gasteiger partial charge is 0.385 e. The number of hydrogen-bond acceptors (Lipinski definition) is 2. The highest BCUT2D eigenvalue weighted by Gasteiger charge is 2.35. The molecule has 0 spiro atoms. The minimum atomic E-state index is -0.648. The van der Waals surface area contributed by atoms with Crippen molar-refractivity contribution in [3.63, 3.8) is 0 Å². The Morgan fingerprint density at radius 1 is 1.25 bits per heavy atom. The maximum atomic E-state index is 11.1. The molecule has 2 heteroatoms. The number of hydrogen-bond donors (Lipinski definition) is 1. The smallest absolute Gasteiger partial charge is 0.0902 e. The maximum absolute atomic E-state index is 11.1. The van der Waals surface area contributed by atoms with Crippen LogP contribution >= 0.6 is 0 Å². The van der Waals surface area contributed by atoms with Gasteiger partial charge in [-0.05, 0) is 48.6 Å². The summed E-state index contributed by atoms with van der Waals surface area (Å²) in [6.07, 6.45) is 10.3. The van der Waals surface area contributed by atoms with E-state index in [0.717, 1.165) is 47.9 Å². The SMILES string of the molecule is CCCC1CCC(O)(c2cccc3cnccc23)CC1. The molecule has 3 rings (SSSR count). The van der Waals surface area contributed by atoms with Crippen LogP contribution in [-0.2, 0) is 5.60 Å². The first-order valence-corrected chi connectivity index (χ1v) is 7.78. The average molecular weight is 269 g/mol. The standard InChI is InChI=1S/C18H23NO/c1-2-4-14-7-10-18(20,11-8-14)17-6-3-5-15-13-19-12-9-16(15)17/h3,5-6,9,12-14,20H,2,4,7-8,10-11H2,1H3. The lowest BCUT2D eigenvalue weighted by atomic mass is 9.73. The van der Waals surface area contributed by atoms with Gasteiger partial charge < -0.3 is 5.11 Å². The molecule has 1 N–H and O–H groups in total. The van der Waals surface area contributed by atoms with Crippen molar-refractivity contribution in [2.45, 2.75) is 51.0 Å². The Hall–Kier alpha value is -1.41. The van der Waals surface area contributed by atoms with Crippen molar-refractivity contribution in [3.05, 3.63) is 42.2 Å². The lowest BCUT2D eigenvalue weighted by Gasteiger charge is -2.37. The molecule has 0 amide bonds. The molecule has 0 radical (unpaired) electrons. The molecule has 2 aromatic rings. The summed E-state index contributed by atoms with van der Waals surface area (Å²) in [6.45, 7) is 2.25. The van der Waals surface area contributed by atoms with E-state index in [1.165, 1.54) is 12.8 Å². The van der Waals surface area contributed by atoms with E-state index in [2.05, 4.69) is 24.0 Å². The Morgan fingerprint density at radius 3 is 2.80 bits per heavy atom. The highest BCUT2D eigenvalue weighted by molar-refractivity contribution is 5.85. The molecule has 1 heterocycles. The fourth-order valence-corrected chi connectivity index (χ4v) is 3.65. The second-order valence-corrected chi connectivity index (χ2v) is 6.17. The molecule has 0 saturated heterocycles. The summed E-state index contributed by atoms with van der Waals surface area (Å²) in [5, 5.41) is 13.4. The van der Waals surface area contributed by atoms with E-state index in [4.69, 9.17) is 0 Å². The van der Waals surface area contributed by atoms with Crippen LogP contribution in [0.1, 0.15) is 51.0 Å². The average Bonchev–Trinajstić information content (AvgIpc) is 2.49. The van der Waals surface area contributed by atoms with E-state index in [9.17, 15) is 5.11 Å². The summed E-state index contributed by atoms with van der Waals surface area (Å²) in [5.74, 6) is 0.803. The van der Waals surface area contributed by atoms with Crippen molar-refractivity contribution in [2.75, 3.05) is 0 Å². The molecule has 0 bridgehead atoms. The highest BCUT2D eigenvalue weighted by Crippen LogP contribution is 2.42. The Labute approximate surface area is 120 Å². The first kappa shape index (κ1) is 13.6. The van der Waals surface area contributed by atoms with Gasteiger partial charge in [-0.15, -0.1) is 0 Å². The topological polar surface area (TPSA) is 33.1 Å². The first-order valence-electron chi connectivity index (χ1n) is 7.78. The third-order valence-electron chi connectivity index (χ3n) is 4.81. The third kappa shape index (κ3) is 2.45. The van der Waals surface area contributed by atoms with Gasteiger partial charge in [-0.3, -0.25) is 4.98 Å². The van der Waals surface area contributed by atoms with Crippen molar-refractivity contribution in [3.8, 4) is 0 Å². The molecule has 2 nitrogen and oxygen atoms in total. The second kappa shape index (κ2) is 5.53. The van der Waals surface area contributed by atoms with Crippen LogP contribution < -0.4 is 0 Å². The van der Waals surface area contributed by atoms with Crippen molar-refractivity contribution < 1.29 is 5.11 Å². The third-order valence-corrected chi connectivity index (χ3v) is 4.81. The van der Waals surface area contributed by atoms with Gasteiger partial charge >= 0.3 is 0 Å². The van der Waals surface area contributed by atoms with Gasteiger partial charge in [0.2, 0.25) is 0 Å². The van der Waals surface area contributed by atoms with Gasteiger partial charge in [-0.25, -0.2) is 0 Å². The summed E-state index contributed by atoms with van der Waals surface area (Å²) >= 11 is 0. The fourth-order valence-electron chi connectivity index (χ4n) is 3.65. The Balaban J connectivity index is 1.91. The Bertz CT molecular complexity index is 579. The van der Waals surface area contributed by atoms with E-state index < -0.39 is 5.60 Å². The number of aromatic nitrogens is 1. The minimum Gasteiger partial charge on any atom is -0.385 e. The lowest BCUT2D eigenvalue weighted by Crippen LogP contribution is -2.31. The van der Waals surface area contributed by atoms with Crippen molar-refractivity contribution in [2.24, 2.45) is 5.92 Å². The molecule has 0 aliphatic heterocycles. The van der Waals surface area contributed by atoms with E-state index in [1.807, 2.05) is 24.5 Å². The van der Waals surface area contributed by atoms with Crippen LogP contribution in [0.3, 0.4) is 0 Å². The second-order valence-electron chi connectivity index (χ2n) is 6.17. The van der Waals surface area contributed by atoms with E-state index >= 15 is 0 Å². The van der Waals surface area contributed by atoms with Gasteiger partial charge in [0.05, 0.1) is 5.60 Å². The van der Waals surface area contributed by atoms with Gasteiger partial charge in [-0.1, -0.05) is 38.0 Å². The number of aliphatic hydroxyl groups is 1. The van der Waals surface area contributed by atoms with E-state index in [1.54, 1.807) is 0 Å². The fraction of sp³-hybridized carbons (Fsp3) is 0.500. The number of rotatable bonds is 3. The first-order chi connectivity index (χ1) is 9.73. The van der Waals surface area contributed by atoms with Crippen LogP contribution in [0.25, 0.3) is 10.8 Å². The van der Waals surface area contributed by atoms with Crippen LogP contribution in [0.4, 0.5) is 0 Å². The van der Waals surface area contributed by atoms with Crippen LogP contribution in [-0.4, -0.2) is 10.1 Å². The van der Waals surface area contributed by atoms with Gasteiger partial charge in [0.15, 0.2) is 0 Å². The molecule has 20 heavy (non-hydrogen) atoms. The summed E-state index contributed by atoms with van der Waals surface area (Å²) in [5.41, 5.74) is 0.442. The van der Waals surface area contributed by atoms with Gasteiger partial charge in [0, 0.05) is 17.8 Å². The van der Waals surface area contributed by atoms with E-state index in [0.29, 0.717) is 0 Å². The van der Waals surface area contributed by atoms with Crippen molar-refractivity contribution in [1.29, 1.82) is 0 Å². The normalized spacial score (nSPS) is 26.8. The molecule has 1 aliphatic rings. The zero-order valence-electron chi connectivity index (χ0n) is 12.2.